The molecule has 2 rings (SSSR count). The van der Waals surface area contributed by atoms with E-state index in [9.17, 15) is 0 Å². The molecule has 0 aromatic carbocycles. The molecule has 3 unspecified atom stereocenters. The zero-order valence-corrected chi connectivity index (χ0v) is 12.2. The monoisotopic (exact) mass is 301 g/mol. The minimum absolute atomic E-state index is 0.255. The molecule has 0 aliphatic heterocycles. The van der Waals surface area contributed by atoms with Gasteiger partial charge >= 0.3 is 0 Å². The number of rotatable bonds is 3. The van der Waals surface area contributed by atoms with Crippen molar-refractivity contribution in [2.24, 2.45) is 17.6 Å². The van der Waals surface area contributed by atoms with Crippen LogP contribution in [0.4, 0.5) is 0 Å². The first kappa shape index (κ1) is 12.6. The molecule has 0 amide bonds. The maximum Gasteiger partial charge on any atom is 0.0701 e. The van der Waals surface area contributed by atoms with Crippen molar-refractivity contribution in [2.45, 2.75) is 45.1 Å². The van der Waals surface area contributed by atoms with E-state index in [1.807, 2.05) is 0 Å². The highest BCUT2D eigenvalue weighted by Gasteiger charge is 2.27. The molecule has 0 saturated heterocycles. The van der Waals surface area contributed by atoms with E-state index >= 15 is 0 Å². The minimum atomic E-state index is 0.255. The van der Waals surface area contributed by atoms with Gasteiger partial charge in [-0.2, -0.15) is 0 Å². The van der Waals surface area contributed by atoms with Crippen LogP contribution in [0.25, 0.3) is 0 Å². The Labute approximate surface area is 111 Å². The molecular formula is C13H20BrNS. The maximum absolute atomic E-state index is 6.39. The summed E-state index contributed by atoms with van der Waals surface area (Å²) < 4.78 is 1.20. The lowest BCUT2D eigenvalue weighted by atomic mass is 9.77. The van der Waals surface area contributed by atoms with Crippen LogP contribution in [0.15, 0.2) is 15.9 Å². The Balaban J connectivity index is 2.01. The van der Waals surface area contributed by atoms with Gasteiger partial charge < -0.3 is 5.73 Å². The van der Waals surface area contributed by atoms with E-state index in [0.717, 1.165) is 5.92 Å². The molecule has 1 heterocycles. The van der Waals surface area contributed by atoms with Gasteiger partial charge in [0, 0.05) is 10.9 Å². The smallest absolute Gasteiger partial charge is 0.0701 e. The van der Waals surface area contributed by atoms with Crippen molar-refractivity contribution in [1.29, 1.82) is 0 Å². The summed E-state index contributed by atoms with van der Waals surface area (Å²) in [5, 5.41) is 0. The van der Waals surface area contributed by atoms with Crippen molar-refractivity contribution in [3.05, 3.63) is 20.8 Å². The van der Waals surface area contributed by atoms with Gasteiger partial charge in [-0.05, 0) is 52.7 Å². The zero-order chi connectivity index (χ0) is 11.5. The fourth-order valence-corrected chi connectivity index (χ4v) is 4.29. The lowest BCUT2D eigenvalue weighted by molar-refractivity contribution is 0.232. The Morgan fingerprint density at radius 2 is 2.31 bits per heavy atom. The van der Waals surface area contributed by atoms with Crippen LogP contribution in [-0.2, 0) is 0 Å². The first-order valence-electron chi connectivity index (χ1n) is 6.21. The van der Waals surface area contributed by atoms with Gasteiger partial charge in [-0.15, -0.1) is 11.3 Å². The normalized spacial score (nSPS) is 27.9. The fourth-order valence-electron chi connectivity index (χ4n) is 2.77. The molecule has 0 spiro atoms. The zero-order valence-electron chi connectivity index (χ0n) is 9.79. The molecule has 1 fully saturated rings. The van der Waals surface area contributed by atoms with Crippen molar-refractivity contribution in [2.75, 3.05) is 0 Å². The molecule has 1 aromatic rings. The van der Waals surface area contributed by atoms with Gasteiger partial charge in [0.2, 0.25) is 0 Å². The van der Waals surface area contributed by atoms with E-state index in [0.29, 0.717) is 5.92 Å². The van der Waals surface area contributed by atoms with Crippen LogP contribution in [0, 0.1) is 11.8 Å². The molecule has 3 atom stereocenters. The van der Waals surface area contributed by atoms with Crippen LogP contribution < -0.4 is 5.73 Å². The van der Waals surface area contributed by atoms with Gasteiger partial charge in [0.25, 0.3) is 0 Å². The van der Waals surface area contributed by atoms with Gasteiger partial charge in [-0.3, -0.25) is 0 Å². The number of hydrogen-bond acceptors (Lipinski definition) is 2. The van der Waals surface area contributed by atoms with Crippen LogP contribution in [0.2, 0.25) is 0 Å². The van der Waals surface area contributed by atoms with E-state index < -0.39 is 0 Å². The van der Waals surface area contributed by atoms with Crippen molar-refractivity contribution < 1.29 is 0 Å². The summed E-state index contributed by atoms with van der Waals surface area (Å²) in [5.74, 6) is 1.61. The topological polar surface area (TPSA) is 26.0 Å². The second-order valence-corrected chi connectivity index (χ2v) is 7.36. The van der Waals surface area contributed by atoms with E-state index in [1.54, 1.807) is 11.3 Å². The predicted molar refractivity (Wildman–Crippen MR) is 74.7 cm³/mol. The summed E-state index contributed by atoms with van der Waals surface area (Å²) in [4.78, 5) is 1.34. The molecule has 90 valence electrons. The molecule has 0 radical (unpaired) electrons. The van der Waals surface area contributed by atoms with E-state index in [1.165, 1.54) is 40.8 Å². The number of hydrogen-bond donors (Lipinski definition) is 1. The van der Waals surface area contributed by atoms with Crippen molar-refractivity contribution in [3.63, 3.8) is 0 Å². The second kappa shape index (κ2) is 5.65. The quantitative estimate of drug-likeness (QED) is 0.858. The largest absolute Gasteiger partial charge is 0.323 e. The first-order valence-corrected chi connectivity index (χ1v) is 7.82. The number of thiophene rings is 1. The lowest BCUT2D eigenvalue weighted by Crippen LogP contribution is -2.26. The second-order valence-electron chi connectivity index (χ2n) is 4.87. The summed E-state index contributed by atoms with van der Waals surface area (Å²) in [6.45, 7) is 2.31. The summed E-state index contributed by atoms with van der Waals surface area (Å²) in [7, 11) is 0. The standard InChI is InChI=1S/C13H20BrNS/c1-2-9-4-3-5-10(8-9)13(15)11-6-7-12(14)16-11/h6-7,9-10,13H,2-5,8,15H2,1H3. The van der Waals surface area contributed by atoms with Gasteiger partial charge in [0.05, 0.1) is 3.79 Å². The lowest BCUT2D eigenvalue weighted by Gasteiger charge is -2.32. The number of nitrogens with two attached hydrogens (primary N) is 1. The third kappa shape index (κ3) is 2.88. The molecule has 0 bridgehead atoms. The molecule has 1 aliphatic rings. The molecule has 3 heteroatoms. The third-order valence-electron chi connectivity index (χ3n) is 3.83. The molecule has 1 saturated carbocycles. The Morgan fingerprint density at radius 3 is 2.94 bits per heavy atom. The molecule has 1 nitrogen and oxygen atoms in total. The third-order valence-corrected chi connectivity index (χ3v) is 5.56. The molecule has 1 aromatic heterocycles. The molecule has 1 aliphatic carbocycles. The summed E-state index contributed by atoms with van der Waals surface area (Å²) >= 11 is 5.30. The highest BCUT2D eigenvalue weighted by molar-refractivity contribution is 9.11. The predicted octanol–water partition coefficient (Wildman–Crippen LogP) is 4.73. The van der Waals surface area contributed by atoms with Gasteiger partial charge in [0.1, 0.15) is 0 Å². The van der Waals surface area contributed by atoms with Crippen molar-refractivity contribution >= 4 is 27.3 Å². The summed E-state index contributed by atoms with van der Waals surface area (Å²) in [6, 6.07) is 4.54. The fraction of sp³-hybridized carbons (Fsp3) is 0.692. The Kier molecular flexibility index (Phi) is 4.45. The molecular weight excluding hydrogens is 282 g/mol. The Hall–Kier alpha value is 0.140. The van der Waals surface area contributed by atoms with Gasteiger partial charge in [0.15, 0.2) is 0 Å². The SMILES string of the molecule is CCC1CCCC(C(N)c2ccc(Br)s2)C1. The molecule has 2 N–H and O–H groups in total. The van der Waals surface area contributed by atoms with Crippen LogP contribution in [-0.4, -0.2) is 0 Å². The first-order chi connectivity index (χ1) is 7.70. The Morgan fingerprint density at radius 1 is 1.50 bits per heavy atom. The van der Waals surface area contributed by atoms with E-state index in [-0.39, 0.29) is 6.04 Å². The number of halogens is 1. The maximum atomic E-state index is 6.39. The highest BCUT2D eigenvalue weighted by Crippen LogP contribution is 2.39. The average Bonchev–Trinajstić information content (AvgIpc) is 2.75. The van der Waals surface area contributed by atoms with Crippen molar-refractivity contribution in [3.8, 4) is 0 Å². The van der Waals surface area contributed by atoms with Crippen LogP contribution >= 0.6 is 27.3 Å². The average molecular weight is 302 g/mol. The van der Waals surface area contributed by atoms with Crippen molar-refractivity contribution in [1.82, 2.24) is 0 Å². The Bertz CT molecular complexity index is 336. The highest BCUT2D eigenvalue weighted by atomic mass is 79.9. The summed E-state index contributed by atoms with van der Waals surface area (Å²) in [6.07, 6.45) is 6.73. The summed E-state index contributed by atoms with van der Waals surface area (Å²) in [5.41, 5.74) is 6.39. The van der Waals surface area contributed by atoms with E-state index in [2.05, 4.69) is 35.0 Å². The van der Waals surface area contributed by atoms with Gasteiger partial charge in [-0.1, -0.05) is 26.2 Å². The van der Waals surface area contributed by atoms with E-state index in [4.69, 9.17) is 5.73 Å². The molecule has 16 heavy (non-hydrogen) atoms. The van der Waals surface area contributed by atoms with Crippen LogP contribution in [0.5, 0.6) is 0 Å². The minimum Gasteiger partial charge on any atom is -0.323 e. The van der Waals surface area contributed by atoms with Gasteiger partial charge in [-0.25, -0.2) is 0 Å². The van der Waals surface area contributed by atoms with Crippen LogP contribution in [0.3, 0.4) is 0 Å². The van der Waals surface area contributed by atoms with Crippen LogP contribution in [0.1, 0.15) is 49.9 Å².